The van der Waals surface area contributed by atoms with Crippen LogP contribution in [0.25, 0.3) is 0 Å². The van der Waals surface area contributed by atoms with Gasteiger partial charge in [-0.3, -0.25) is 0 Å². The molecule has 1 unspecified atom stereocenters. The van der Waals surface area contributed by atoms with Crippen molar-refractivity contribution in [1.82, 2.24) is 0 Å². The zero-order valence-corrected chi connectivity index (χ0v) is 13.6. The van der Waals surface area contributed by atoms with Crippen LogP contribution in [0.4, 0.5) is 11.4 Å². The summed E-state index contributed by atoms with van der Waals surface area (Å²) in [5.74, 6) is 1.55. The first-order chi connectivity index (χ1) is 9.38. The van der Waals surface area contributed by atoms with Gasteiger partial charge < -0.3 is 15.8 Å². The molecule has 0 bridgehead atoms. The van der Waals surface area contributed by atoms with Crippen LogP contribution >= 0.6 is 0 Å². The van der Waals surface area contributed by atoms with Crippen molar-refractivity contribution in [3.63, 3.8) is 0 Å². The van der Waals surface area contributed by atoms with Gasteiger partial charge in [0.1, 0.15) is 5.75 Å². The van der Waals surface area contributed by atoms with E-state index >= 15 is 0 Å². The predicted octanol–water partition coefficient (Wildman–Crippen LogP) is 4.68. The van der Waals surface area contributed by atoms with Crippen molar-refractivity contribution in [2.75, 3.05) is 11.1 Å². The van der Waals surface area contributed by atoms with Crippen LogP contribution in [-0.4, -0.2) is 12.1 Å². The van der Waals surface area contributed by atoms with Gasteiger partial charge in [0.05, 0.1) is 11.8 Å². The van der Waals surface area contributed by atoms with Crippen LogP contribution in [-0.2, 0) is 0 Å². The molecule has 1 aromatic rings. The molecule has 20 heavy (non-hydrogen) atoms. The van der Waals surface area contributed by atoms with E-state index in [2.05, 4.69) is 26.1 Å². The Morgan fingerprint density at radius 3 is 2.40 bits per heavy atom. The second kappa shape index (κ2) is 8.03. The summed E-state index contributed by atoms with van der Waals surface area (Å²) in [4.78, 5) is 0. The predicted molar refractivity (Wildman–Crippen MR) is 88.4 cm³/mol. The average Bonchev–Trinajstić information content (AvgIpc) is 2.32. The average molecular weight is 278 g/mol. The molecule has 3 N–H and O–H groups in total. The number of rotatable bonds is 8. The molecule has 0 amide bonds. The molecule has 0 radical (unpaired) electrons. The highest BCUT2D eigenvalue weighted by atomic mass is 16.5. The van der Waals surface area contributed by atoms with Gasteiger partial charge in [-0.25, -0.2) is 0 Å². The second-order valence-electron chi connectivity index (χ2n) is 6.29. The highest BCUT2D eigenvalue weighted by Crippen LogP contribution is 2.27. The fourth-order valence-corrected chi connectivity index (χ4v) is 2.17. The number of nitrogens with one attached hydrogen (secondary N) is 1. The molecule has 1 atom stereocenters. The number of benzene rings is 1. The topological polar surface area (TPSA) is 47.3 Å². The van der Waals surface area contributed by atoms with Gasteiger partial charge in [0.2, 0.25) is 0 Å². The first kappa shape index (κ1) is 16.7. The third-order valence-electron chi connectivity index (χ3n) is 3.21. The van der Waals surface area contributed by atoms with Gasteiger partial charge >= 0.3 is 0 Å². The summed E-state index contributed by atoms with van der Waals surface area (Å²) in [5, 5.41) is 3.52. The zero-order chi connectivity index (χ0) is 15.1. The van der Waals surface area contributed by atoms with Crippen LogP contribution in [0.3, 0.4) is 0 Å². The van der Waals surface area contributed by atoms with Gasteiger partial charge in [0, 0.05) is 17.8 Å². The SMILES string of the molecule is CC(C)CCCC(C)Nc1ccc(N)c(OC(C)C)c1. The Hall–Kier alpha value is -1.38. The van der Waals surface area contributed by atoms with Crippen molar-refractivity contribution < 1.29 is 4.74 Å². The number of nitrogen functional groups attached to an aromatic ring is 1. The molecule has 1 aromatic carbocycles. The number of nitrogens with two attached hydrogens (primary N) is 1. The molecule has 3 nitrogen and oxygen atoms in total. The Kier molecular flexibility index (Phi) is 6.69. The van der Waals surface area contributed by atoms with Gasteiger partial charge in [-0.1, -0.05) is 26.7 Å². The number of hydrogen-bond donors (Lipinski definition) is 2. The molecule has 0 fully saturated rings. The summed E-state index contributed by atoms with van der Waals surface area (Å²) < 4.78 is 5.71. The van der Waals surface area contributed by atoms with Crippen molar-refractivity contribution in [2.24, 2.45) is 5.92 Å². The molecule has 0 aromatic heterocycles. The van der Waals surface area contributed by atoms with Crippen molar-refractivity contribution in [2.45, 2.75) is 66.0 Å². The van der Waals surface area contributed by atoms with Crippen LogP contribution in [0, 0.1) is 5.92 Å². The molecular formula is C17H30N2O. The highest BCUT2D eigenvalue weighted by molar-refractivity contribution is 5.61. The maximum absolute atomic E-state index is 5.93. The molecule has 0 aliphatic rings. The van der Waals surface area contributed by atoms with Crippen LogP contribution in [0.2, 0.25) is 0 Å². The Morgan fingerprint density at radius 2 is 1.80 bits per heavy atom. The summed E-state index contributed by atoms with van der Waals surface area (Å²) in [6, 6.07) is 6.38. The maximum atomic E-state index is 5.93. The minimum Gasteiger partial charge on any atom is -0.489 e. The summed E-state index contributed by atoms with van der Waals surface area (Å²) in [6.45, 7) is 10.8. The van der Waals surface area contributed by atoms with Crippen molar-refractivity contribution in [3.8, 4) is 5.75 Å². The van der Waals surface area contributed by atoms with E-state index in [9.17, 15) is 0 Å². The second-order valence-corrected chi connectivity index (χ2v) is 6.29. The quantitative estimate of drug-likeness (QED) is 0.679. The Bertz CT molecular complexity index is 402. The van der Waals surface area contributed by atoms with Gasteiger partial charge in [-0.15, -0.1) is 0 Å². The van der Waals surface area contributed by atoms with E-state index in [1.165, 1.54) is 19.3 Å². The third kappa shape index (κ3) is 6.18. The summed E-state index contributed by atoms with van der Waals surface area (Å²) in [7, 11) is 0. The van der Waals surface area contributed by atoms with Crippen molar-refractivity contribution in [3.05, 3.63) is 18.2 Å². The van der Waals surface area contributed by atoms with Gasteiger partial charge in [-0.05, 0) is 45.2 Å². The maximum Gasteiger partial charge on any atom is 0.144 e. The minimum absolute atomic E-state index is 0.135. The number of ether oxygens (including phenoxy) is 1. The lowest BCUT2D eigenvalue weighted by Gasteiger charge is -2.18. The van der Waals surface area contributed by atoms with Crippen molar-refractivity contribution >= 4 is 11.4 Å². The molecule has 0 saturated carbocycles. The number of hydrogen-bond acceptors (Lipinski definition) is 3. The number of anilines is 2. The first-order valence-corrected chi connectivity index (χ1v) is 7.71. The molecule has 0 heterocycles. The van der Waals surface area contributed by atoms with E-state index < -0.39 is 0 Å². The zero-order valence-electron chi connectivity index (χ0n) is 13.6. The smallest absolute Gasteiger partial charge is 0.144 e. The normalized spacial score (nSPS) is 12.8. The van der Waals surface area contributed by atoms with Gasteiger partial charge in [0.15, 0.2) is 0 Å². The van der Waals surface area contributed by atoms with E-state index in [0.717, 1.165) is 17.4 Å². The third-order valence-corrected chi connectivity index (χ3v) is 3.21. The lowest BCUT2D eigenvalue weighted by atomic mass is 10.0. The molecular weight excluding hydrogens is 248 g/mol. The molecule has 0 aliphatic heterocycles. The standard InChI is InChI=1S/C17H30N2O/c1-12(2)7-6-8-14(5)19-15-9-10-16(18)17(11-15)20-13(3)4/h9-14,19H,6-8,18H2,1-5H3. The lowest BCUT2D eigenvalue weighted by Crippen LogP contribution is -2.15. The van der Waals surface area contributed by atoms with E-state index in [0.29, 0.717) is 11.7 Å². The van der Waals surface area contributed by atoms with Crippen LogP contribution in [0.1, 0.15) is 53.9 Å². The molecule has 0 spiro atoms. The summed E-state index contributed by atoms with van der Waals surface area (Å²) >= 11 is 0. The highest BCUT2D eigenvalue weighted by Gasteiger charge is 2.07. The van der Waals surface area contributed by atoms with E-state index in [4.69, 9.17) is 10.5 Å². The fourth-order valence-electron chi connectivity index (χ4n) is 2.17. The van der Waals surface area contributed by atoms with Crippen molar-refractivity contribution in [1.29, 1.82) is 0 Å². The first-order valence-electron chi connectivity index (χ1n) is 7.71. The molecule has 0 saturated heterocycles. The van der Waals surface area contributed by atoms with Crippen LogP contribution in [0.15, 0.2) is 18.2 Å². The molecule has 0 aliphatic carbocycles. The van der Waals surface area contributed by atoms with E-state index in [1.54, 1.807) is 0 Å². The Labute approximate surface area is 123 Å². The summed E-state index contributed by atoms with van der Waals surface area (Å²) in [5.41, 5.74) is 7.70. The monoisotopic (exact) mass is 278 g/mol. The molecule has 114 valence electrons. The minimum atomic E-state index is 0.135. The largest absolute Gasteiger partial charge is 0.489 e. The van der Waals surface area contributed by atoms with Crippen LogP contribution < -0.4 is 15.8 Å². The van der Waals surface area contributed by atoms with Gasteiger partial charge in [-0.2, -0.15) is 0 Å². The Morgan fingerprint density at radius 1 is 1.10 bits per heavy atom. The lowest BCUT2D eigenvalue weighted by molar-refractivity contribution is 0.244. The molecule has 1 rings (SSSR count). The Balaban J connectivity index is 2.54. The molecule has 3 heteroatoms. The fraction of sp³-hybridized carbons (Fsp3) is 0.647. The van der Waals surface area contributed by atoms with E-state index in [-0.39, 0.29) is 6.10 Å². The van der Waals surface area contributed by atoms with Gasteiger partial charge in [0.25, 0.3) is 0 Å². The van der Waals surface area contributed by atoms with E-state index in [1.807, 2.05) is 32.0 Å². The van der Waals surface area contributed by atoms with Crippen LogP contribution in [0.5, 0.6) is 5.75 Å². The summed E-state index contributed by atoms with van der Waals surface area (Å²) in [6.07, 6.45) is 3.87.